The van der Waals surface area contributed by atoms with Crippen LogP contribution < -0.4 is 19.7 Å². The number of benzene rings is 2. The molecule has 2 aromatic carbocycles. The molecule has 0 saturated heterocycles. The Balaban J connectivity index is 1.82. The Labute approximate surface area is 176 Å². The van der Waals surface area contributed by atoms with Crippen molar-refractivity contribution < 1.29 is 22.7 Å². The van der Waals surface area contributed by atoms with Gasteiger partial charge in [-0.05, 0) is 50.2 Å². The average molecular weight is 432 g/mol. The van der Waals surface area contributed by atoms with E-state index in [1.54, 1.807) is 46.0 Å². The van der Waals surface area contributed by atoms with Crippen LogP contribution in [0, 0.1) is 5.41 Å². The third-order valence-electron chi connectivity index (χ3n) is 4.81. The highest BCUT2D eigenvalue weighted by Crippen LogP contribution is 2.37. The summed E-state index contributed by atoms with van der Waals surface area (Å²) in [5, 5.41) is 2.67. The molecule has 30 heavy (non-hydrogen) atoms. The maximum atomic E-state index is 12.7. The summed E-state index contributed by atoms with van der Waals surface area (Å²) in [6.07, 6.45) is 0.333. The van der Waals surface area contributed by atoms with Gasteiger partial charge in [0.15, 0.2) is 0 Å². The largest absolute Gasteiger partial charge is 0.490 e. The van der Waals surface area contributed by atoms with Crippen molar-refractivity contribution in [2.75, 3.05) is 28.6 Å². The number of carbonyl (C=O) groups is 2. The van der Waals surface area contributed by atoms with Gasteiger partial charge >= 0.3 is 0 Å². The third-order valence-corrected chi connectivity index (χ3v) is 6.21. The predicted molar refractivity (Wildman–Crippen MR) is 115 cm³/mol. The summed E-state index contributed by atoms with van der Waals surface area (Å²) in [4.78, 5) is 25.6. The van der Waals surface area contributed by atoms with E-state index in [4.69, 9.17) is 4.74 Å². The number of nitrogens with one attached hydrogen (secondary N) is 2. The first-order chi connectivity index (χ1) is 14.0. The van der Waals surface area contributed by atoms with Crippen LogP contribution in [0.15, 0.2) is 47.4 Å². The summed E-state index contributed by atoms with van der Waals surface area (Å²) < 4.78 is 33.8. The Morgan fingerprint density at radius 3 is 2.40 bits per heavy atom. The fourth-order valence-electron chi connectivity index (χ4n) is 3.03. The number of carbonyl (C=O) groups excluding carboxylic acids is 2. The van der Waals surface area contributed by atoms with Gasteiger partial charge in [-0.1, -0.05) is 6.92 Å². The maximum Gasteiger partial charge on any atom is 0.261 e. The molecule has 2 aromatic rings. The first kappa shape index (κ1) is 21.6. The first-order valence-electron chi connectivity index (χ1n) is 9.51. The first-order valence-corrected chi connectivity index (χ1v) is 11.0. The standard InChI is InChI=1S/C21H25N3O5S/c1-5-19(25)22-14-6-9-16(10-7-14)30(27,28)23-15-8-11-17-18(12-15)29-13-21(2,3)20(26)24(17)4/h6-12,23H,5,13H2,1-4H3,(H,22,25). The van der Waals surface area contributed by atoms with E-state index in [0.717, 1.165) is 0 Å². The molecule has 1 heterocycles. The van der Waals surface area contributed by atoms with Crippen LogP contribution in [0.4, 0.5) is 17.1 Å². The number of fused-ring (bicyclic) bond motifs is 1. The minimum atomic E-state index is -3.85. The van der Waals surface area contributed by atoms with E-state index >= 15 is 0 Å². The van der Waals surface area contributed by atoms with Gasteiger partial charge in [-0.3, -0.25) is 14.3 Å². The Morgan fingerprint density at radius 2 is 1.77 bits per heavy atom. The van der Waals surface area contributed by atoms with Gasteiger partial charge in [0.1, 0.15) is 12.4 Å². The van der Waals surface area contributed by atoms with Crippen LogP contribution in [0.1, 0.15) is 27.2 Å². The molecule has 160 valence electrons. The molecule has 1 aliphatic heterocycles. The topological polar surface area (TPSA) is 105 Å². The quantitative estimate of drug-likeness (QED) is 0.756. The highest BCUT2D eigenvalue weighted by Gasteiger charge is 2.36. The lowest BCUT2D eigenvalue weighted by Gasteiger charge is -2.24. The summed E-state index contributed by atoms with van der Waals surface area (Å²) in [6, 6.07) is 10.7. The zero-order chi connectivity index (χ0) is 22.1. The molecule has 2 amide bonds. The lowest BCUT2D eigenvalue weighted by molar-refractivity contribution is -0.127. The van der Waals surface area contributed by atoms with Gasteiger partial charge in [0, 0.05) is 25.2 Å². The number of hydrogen-bond acceptors (Lipinski definition) is 5. The lowest BCUT2D eigenvalue weighted by Crippen LogP contribution is -2.39. The number of sulfonamides is 1. The molecule has 0 atom stereocenters. The van der Waals surface area contributed by atoms with Crippen molar-refractivity contribution in [3.63, 3.8) is 0 Å². The van der Waals surface area contributed by atoms with Crippen LogP contribution in [0.25, 0.3) is 0 Å². The van der Waals surface area contributed by atoms with Crippen molar-refractivity contribution in [3.05, 3.63) is 42.5 Å². The average Bonchev–Trinajstić information content (AvgIpc) is 2.78. The van der Waals surface area contributed by atoms with Crippen LogP contribution in [-0.2, 0) is 19.6 Å². The number of amides is 2. The number of rotatable bonds is 5. The SMILES string of the molecule is CCC(=O)Nc1ccc(S(=O)(=O)Nc2ccc3c(c2)OCC(C)(C)C(=O)N3C)cc1. The van der Waals surface area contributed by atoms with Gasteiger partial charge in [0.05, 0.1) is 21.7 Å². The highest BCUT2D eigenvalue weighted by atomic mass is 32.2. The second-order valence-electron chi connectivity index (χ2n) is 7.75. The molecule has 0 saturated carbocycles. The molecule has 1 aliphatic rings. The normalized spacial score (nSPS) is 15.6. The number of ether oxygens (including phenoxy) is 1. The zero-order valence-electron chi connectivity index (χ0n) is 17.4. The van der Waals surface area contributed by atoms with Crippen molar-refractivity contribution in [1.82, 2.24) is 0 Å². The second kappa shape index (κ2) is 7.98. The smallest absolute Gasteiger partial charge is 0.261 e. The molecule has 3 rings (SSSR count). The Morgan fingerprint density at radius 1 is 1.13 bits per heavy atom. The molecule has 0 fully saturated rings. The molecule has 0 aliphatic carbocycles. The van der Waals surface area contributed by atoms with E-state index in [0.29, 0.717) is 29.2 Å². The van der Waals surface area contributed by atoms with Gasteiger partial charge in [-0.2, -0.15) is 0 Å². The molecule has 0 spiro atoms. The zero-order valence-corrected chi connectivity index (χ0v) is 18.2. The van der Waals surface area contributed by atoms with Crippen molar-refractivity contribution in [2.24, 2.45) is 5.41 Å². The monoisotopic (exact) mass is 431 g/mol. The van der Waals surface area contributed by atoms with Crippen LogP contribution >= 0.6 is 0 Å². The summed E-state index contributed by atoms with van der Waals surface area (Å²) in [5.74, 6) is 0.194. The van der Waals surface area contributed by atoms with Crippen molar-refractivity contribution in [2.45, 2.75) is 32.1 Å². The number of anilines is 3. The van der Waals surface area contributed by atoms with Gasteiger partial charge in [-0.25, -0.2) is 8.42 Å². The number of nitrogens with zero attached hydrogens (tertiary/aromatic N) is 1. The van der Waals surface area contributed by atoms with Crippen LogP contribution in [0.3, 0.4) is 0 Å². The van der Waals surface area contributed by atoms with Gasteiger partial charge < -0.3 is 15.0 Å². The molecular weight excluding hydrogens is 406 g/mol. The van der Waals surface area contributed by atoms with E-state index < -0.39 is 15.4 Å². The molecule has 0 radical (unpaired) electrons. The Kier molecular flexibility index (Phi) is 5.76. The fourth-order valence-corrected chi connectivity index (χ4v) is 4.08. The fraction of sp³-hybridized carbons (Fsp3) is 0.333. The summed E-state index contributed by atoms with van der Waals surface area (Å²) in [7, 11) is -2.18. The van der Waals surface area contributed by atoms with Gasteiger partial charge in [-0.15, -0.1) is 0 Å². The maximum absolute atomic E-state index is 12.7. The molecule has 0 unspecified atom stereocenters. The molecule has 8 nitrogen and oxygen atoms in total. The number of hydrogen-bond donors (Lipinski definition) is 2. The molecule has 9 heteroatoms. The Bertz CT molecular complexity index is 1080. The third kappa shape index (κ3) is 4.40. The van der Waals surface area contributed by atoms with E-state index in [9.17, 15) is 18.0 Å². The van der Waals surface area contributed by atoms with E-state index in [2.05, 4.69) is 10.0 Å². The lowest BCUT2D eigenvalue weighted by atomic mass is 9.93. The van der Waals surface area contributed by atoms with Crippen LogP contribution in [0.2, 0.25) is 0 Å². The second-order valence-corrected chi connectivity index (χ2v) is 9.43. The van der Waals surface area contributed by atoms with Crippen LogP contribution in [-0.4, -0.2) is 33.9 Å². The van der Waals surface area contributed by atoms with Crippen molar-refractivity contribution in [3.8, 4) is 5.75 Å². The van der Waals surface area contributed by atoms with Crippen LogP contribution in [0.5, 0.6) is 5.75 Å². The van der Waals surface area contributed by atoms with E-state index in [1.807, 2.05) is 0 Å². The van der Waals surface area contributed by atoms with Gasteiger partial charge in [0.25, 0.3) is 10.0 Å². The summed E-state index contributed by atoms with van der Waals surface area (Å²) in [5.41, 5.74) is 0.722. The highest BCUT2D eigenvalue weighted by molar-refractivity contribution is 7.92. The van der Waals surface area contributed by atoms with E-state index in [1.165, 1.54) is 29.2 Å². The van der Waals surface area contributed by atoms with E-state index in [-0.39, 0.29) is 23.3 Å². The van der Waals surface area contributed by atoms with Gasteiger partial charge in [0.2, 0.25) is 11.8 Å². The molecule has 0 bridgehead atoms. The minimum Gasteiger partial charge on any atom is -0.490 e. The molecule has 2 N–H and O–H groups in total. The predicted octanol–water partition coefficient (Wildman–Crippen LogP) is 3.22. The Hall–Kier alpha value is -3.07. The minimum absolute atomic E-state index is 0.0567. The summed E-state index contributed by atoms with van der Waals surface area (Å²) >= 11 is 0. The summed E-state index contributed by atoms with van der Waals surface area (Å²) in [6.45, 7) is 5.52. The molecule has 0 aromatic heterocycles. The van der Waals surface area contributed by atoms with Crippen molar-refractivity contribution in [1.29, 1.82) is 0 Å². The van der Waals surface area contributed by atoms with Crippen molar-refractivity contribution >= 4 is 38.9 Å². The molecular formula is C21H25N3O5S.